The molecule has 0 atom stereocenters. The van der Waals surface area contributed by atoms with Gasteiger partial charge < -0.3 is 9.30 Å². The zero-order chi connectivity index (χ0) is 13.0. The lowest BCUT2D eigenvalue weighted by atomic mass is 10.2. The maximum Gasteiger partial charge on any atom is 0.340 e. The average Bonchev–Trinajstić information content (AvgIpc) is 2.76. The molecule has 0 N–H and O–H groups in total. The molecule has 0 bridgehead atoms. The number of nitrogens with zero attached hydrogens (tertiary/aromatic N) is 1. The number of aromatic nitrogens is 1. The van der Waals surface area contributed by atoms with Gasteiger partial charge >= 0.3 is 5.97 Å². The molecule has 3 nitrogen and oxygen atoms in total. The first-order chi connectivity index (χ1) is 8.77. The van der Waals surface area contributed by atoms with Gasteiger partial charge in [0.25, 0.3) is 0 Å². The summed E-state index contributed by atoms with van der Waals surface area (Å²) in [6.45, 7) is 2.08. The number of hydrogen-bond donors (Lipinski definition) is 0. The smallest absolute Gasteiger partial charge is 0.340 e. The minimum Gasteiger partial charge on any atom is -0.459 e. The van der Waals surface area contributed by atoms with Crippen molar-refractivity contribution in [3.05, 3.63) is 36.0 Å². The third kappa shape index (κ3) is 2.37. The van der Waals surface area contributed by atoms with Crippen LogP contribution in [0.25, 0.3) is 10.9 Å². The fraction of sp³-hybridized carbons (Fsp3) is 0.357. The van der Waals surface area contributed by atoms with E-state index in [0.717, 1.165) is 23.9 Å². The summed E-state index contributed by atoms with van der Waals surface area (Å²) in [5.41, 5.74) is 1.51. The first-order valence-electron chi connectivity index (χ1n) is 6.09. The molecule has 0 radical (unpaired) electrons. The molecule has 0 amide bonds. The number of halogens is 1. The minimum atomic E-state index is -0.653. The SMILES string of the molecule is CCCn1cc(C(=O)OCCF)c2ccccc21. The summed E-state index contributed by atoms with van der Waals surface area (Å²) in [4.78, 5) is 11.8. The van der Waals surface area contributed by atoms with Crippen molar-refractivity contribution in [2.75, 3.05) is 13.3 Å². The molecule has 2 rings (SSSR count). The van der Waals surface area contributed by atoms with Crippen molar-refractivity contribution in [2.45, 2.75) is 19.9 Å². The highest BCUT2D eigenvalue weighted by molar-refractivity contribution is 6.04. The quantitative estimate of drug-likeness (QED) is 0.762. The summed E-state index contributed by atoms with van der Waals surface area (Å²) in [6, 6.07) is 7.67. The molecule has 18 heavy (non-hydrogen) atoms. The Hall–Kier alpha value is -1.84. The van der Waals surface area contributed by atoms with Crippen molar-refractivity contribution < 1.29 is 13.9 Å². The fourth-order valence-electron chi connectivity index (χ4n) is 2.04. The van der Waals surface area contributed by atoms with Crippen LogP contribution in [0, 0.1) is 0 Å². The molecule has 0 unspecified atom stereocenters. The molecule has 2 aromatic rings. The lowest BCUT2D eigenvalue weighted by Crippen LogP contribution is -2.07. The first kappa shape index (κ1) is 12.6. The molecule has 96 valence electrons. The van der Waals surface area contributed by atoms with Crippen LogP contribution in [0.5, 0.6) is 0 Å². The predicted molar refractivity (Wildman–Crippen MR) is 68.5 cm³/mol. The number of carbonyl (C=O) groups excluding carboxylic acids is 1. The Kier molecular flexibility index (Phi) is 3.97. The Bertz CT molecular complexity index is 548. The molecule has 0 aliphatic carbocycles. The maximum absolute atomic E-state index is 12.0. The molecular formula is C14H16FNO2. The van der Waals surface area contributed by atoms with Crippen molar-refractivity contribution in [2.24, 2.45) is 0 Å². The molecule has 0 aliphatic rings. The standard InChI is InChI=1S/C14H16FNO2/c1-2-8-16-10-12(14(17)18-9-7-15)11-5-3-4-6-13(11)16/h3-6,10H,2,7-9H2,1H3. The monoisotopic (exact) mass is 249 g/mol. The summed E-state index contributed by atoms with van der Waals surface area (Å²) in [6.07, 6.45) is 2.77. The van der Waals surface area contributed by atoms with E-state index in [9.17, 15) is 9.18 Å². The van der Waals surface area contributed by atoms with Crippen molar-refractivity contribution >= 4 is 16.9 Å². The molecule has 1 heterocycles. The summed E-state index contributed by atoms with van der Waals surface area (Å²) in [5.74, 6) is -0.460. The van der Waals surface area contributed by atoms with E-state index in [2.05, 4.69) is 6.92 Å². The van der Waals surface area contributed by atoms with E-state index < -0.39 is 12.6 Å². The number of aryl methyl sites for hydroxylation is 1. The number of para-hydroxylation sites is 1. The minimum absolute atomic E-state index is 0.188. The number of alkyl halides is 1. The summed E-state index contributed by atoms with van der Waals surface area (Å²) in [7, 11) is 0. The molecule has 1 aromatic carbocycles. The van der Waals surface area contributed by atoms with Gasteiger partial charge in [-0.2, -0.15) is 0 Å². The fourth-order valence-corrected chi connectivity index (χ4v) is 2.04. The van der Waals surface area contributed by atoms with E-state index in [4.69, 9.17) is 4.74 Å². The zero-order valence-corrected chi connectivity index (χ0v) is 10.4. The van der Waals surface area contributed by atoms with Gasteiger partial charge in [0.15, 0.2) is 0 Å². The van der Waals surface area contributed by atoms with Crippen LogP contribution in [0.1, 0.15) is 23.7 Å². The third-order valence-electron chi connectivity index (χ3n) is 2.78. The number of benzene rings is 1. The Labute approximate surface area is 105 Å². The van der Waals surface area contributed by atoms with Crippen LogP contribution >= 0.6 is 0 Å². The number of rotatable bonds is 5. The van der Waals surface area contributed by atoms with E-state index >= 15 is 0 Å². The average molecular weight is 249 g/mol. The van der Waals surface area contributed by atoms with Crippen molar-refractivity contribution in [3.8, 4) is 0 Å². The number of ether oxygens (including phenoxy) is 1. The second-order valence-corrected chi connectivity index (χ2v) is 4.08. The normalized spacial score (nSPS) is 10.8. The molecule has 0 spiro atoms. The molecule has 0 fully saturated rings. The summed E-state index contributed by atoms with van der Waals surface area (Å²) in [5, 5.41) is 0.856. The molecule has 0 saturated carbocycles. The van der Waals surface area contributed by atoms with Gasteiger partial charge in [0.2, 0.25) is 0 Å². The third-order valence-corrected chi connectivity index (χ3v) is 2.78. The molecule has 1 aromatic heterocycles. The summed E-state index contributed by atoms with van der Waals surface area (Å²) < 4.78 is 18.9. The number of hydrogen-bond acceptors (Lipinski definition) is 2. The van der Waals surface area contributed by atoms with Gasteiger partial charge in [-0.05, 0) is 12.5 Å². The molecule has 0 aliphatic heterocycles. The highest BCUT2D eigenvalue weighted by atomic mass is 19.1. The van der Waals surface area contributed by atoms with E-state index in [0.29, 0.717) is 5.56 Å². The van der Waals surface area contributed by atoms with Gasteiger partial charge in [-0.3, -0.25) is 0 Å². The molecule has 4 heteroatoms. The van der Waals surface area contributed by atoms with Gasteiger partial charge in [-0.15, -0.1) is 0 Å². The van der Waals surface area contributed by atoms with Crippen molar-refractivity contribution in [1.82, 2.24) is 4.57 Å². The van der Waals surface area contributed by atoms with Gasteiger partial charge in [0, 0.05) is 23.6 Å². The summed E-state index contributed by atoms with van der Waals surface area (Å²) >= 11 is 0. The first-order valence-corrected chi connectivity index (χ1v) is 6.09. The van der Waals surface area contributed by atoms with Crippen molar-refractivity contribution in [1.29, 1.82) is 0 Å². The van der Waals surface area contributed by atoms with E-state index in [1.165, 1.54) is 0 Å². The largest absolute Gasteiger partial charge is 0.459 e. The molecule has 0 saturated heterocycles. The maximum atomic E-state index is 12.0. The van der Waals surface area contributed by atoms with E-state index in [-0.39, 0.29) is 6.61 Å². The van der Waals surface area contributed by atoms with Crippen LogP contribution in [0.2, 0.25) is 0 Å². The van der Waals surface area contributed by atoms with Crippen LogP contribution < -0.4 is 0 Å². The zero-order valence-electron chi connectivity index (χ0n) is 10.4. The second kappa shape index (κ2) is 5.67. The number of esters is 1. The Morgan fingerprint density at radius 3 is 2.89 bits per heavy atom. The Morgan fingerprint density at radius 1 is 1.39 bits per heavy atom. The van der Waals surface area contributed by atoms with E-state index in [1.807, 2.05) is 28.8 Å². The van der Waals surface area contributed by atoms with Gasteiger partial charge in [-0.1, -0.05) is 25.1 Å². The lowest BCUT2D eigenvalue weighted by Gasteiger charge is -2.00. The van der Waals surface area contributed by atoms with Gasteiger partial charge in [0.1, 0.15) is 13.3 Å². The van der Waals surface area contributed by atoms with Crippen LogP contribution in [0.4, 0.5) is 4.39 Å². The van der Waals surface area contributed by atoms with Crippen molar-refractivity contribution in [3.63, 3.8) is 0 Å². The van der Waals surface area contributed by atoms with Crippen LogP contribution in [-0.4, -0.2) is 23.8 Å². The highest BCUT2D eigenvalue weighted by Gasteiger charge is 2.15. The molecular weight excluding hydrogens is 233 g/mol. The highest BCUT2D eigenvalue weighted by Crippen LogP contribution is 2.22. The second-order valence-electron chi connectivity index (χ2n) is 4.08. The van der Waals surface area contributed by atoms with Crippen LogP contribution in [-0.2, 0) is 11.3 Å². The Morgan fingerprint density at radius 2 is 2.17 bits per heavy atom. The predicted octanol–water partition coefficient (Wildman–Crippen LogP) is 3.18. The van der Waals surface area contributed by atoms with Gasteiger partial charge in [-0.25, -0.2) is 9.18 Å². The lowest BCUT2D eigenvalue weighted by molar-refractivity contribution is 0.0483. The number of carbonyl (C=O) groups is 1. The topological polar surface area (TPSA) is 31.2 Å². The Balaban J connectivity index is 2.41. The van der Waals surface area contributed by atoms with E-state index in [1.54, 1.807) is 6.20 Å². The van der Waals surface area contributed by atoms with Crippen LogP contribution in [0.3, 0.4) is 0 Å². The number of fused-ring (bicyclic) bond motifs is 1. The van der Waals surface area contributed by atoms with Crippen LogP contribution in [0.15, 0.2) is 30.5 Å². The van der Waals surface area contributed by atoms with Gasteiger partial charge in [0.05, 0.1) is 5.56 Å².